The maximum atomic E-state index is 6.06. The van der Waals surface area contributed by atoms with Gasteiger partial charge < -0.3 is 10.1 Å². The summed E-state index contributed by atoms with van der Waals surface area (Å²) in [5, 5.41) is 4.40. The number of halogens is 3. The maximum Gasteiger partial charge on any atom is 0.139 e. The van der Waals surface area contributed by atoms with Crippen molar-refractivity contribution < 1.29 is 4.74 Å². The summed E-state index contributed by atoms with van der Waals surface area (Å²) in [5.74, 6) is 0.528. The van der Waals surface area contributed by atoms with Crippen LogP contribution in [0.5, 0.6) is 5.75 Å². The summed E-state index contributed by atoms with van der Waals surface area (Å²) in [4.78, 5) is 0. The van der Waals surface area contributed by atoms with Crippen LogP contribution in [0, 0.1) is 0 Å². The molecule has 0 fully saturated rings. The first kappa shape index (κ1) is 15.5. The molecule has 0 aliphatic carbocycles. The van der Waals surface area contributed by atoms with Crippen molar-refractivity contribution in [2.75, 3.05) is 7.05 Å². The van der Waals surface area contributed by atoms with E-state index in [0.717, 1.165) is 12.1 Å². The summed E-state index contributed by atoms with van der Waals surface area (Å²) in [6.45, 7) is 1.28. The van der Waals surface area contributed by atoms with Crippen LogP contribution in [0.2, 0.25) is 15.1 Å². The Balaban J connectivity index is 2.03. The number of rotatable bonds is 5. The number of nitrogens with one attached hydrogen (secondary N) is 1. The Morgan fingerprint density at radius 1 is 0.900 bits per heavy atom. The molecule has 0 radical (unpaired) electrons. The van der Waals surface area contributed by atoms with Gasteiger partial charge in [-0.05, 0) is 24.2 Å². The number of benzene rings is 2. The molecule has 5 heteroatoms. The van der Waals surface area contributed by atoms with Crippen LogP contribution < -0.4 is 10.1 Å². The molecule has 2 rings (SSSR count). The molecular formula is C15H14Cl3NO. The van der Waals surface area contributed by atoms with Gasteiger partial charge in [0.15, 0.2) is 0 Å². The van der Waals surface area contributed by atoms with Crippen molar-refractivity contribution in [2.45, 2.75) is 13.2 Å². The summed E-state index contributed by atoms with van der Waals surface area (Å²) < 4.78 is 5.67. The highest BCUT2D eigenvalue weighted by Gasteiger charge is 2.07. The molecule has 0 heterocycles. The second kappa shape index (κ2) is 7.19. The molecule has 2 aromatic rings. The minimum absolute atomic E-state index is 0.417. The van der Waals surface area contributed by atoms with E-state index < -0.39 is 0 Å². The highest BCUT2D eigenvalue weighted by Crippen LogP contribution is 2.34. The first-order chi connectivity index (χ1) is 9.60. The van der Waals surface area contributed by atoms with Crippen molar-refractivity contribution in [3.8, 4) is 5.75 Å². The van der Waals surface area contributed by atoms with Crippen molar-refractivity contribution in [3.63, 3.8) is 0 Å². The molecule has 0 saturated heterocycles. The molecule has 2 aromatic carbocycles. The minimum atomic E-state index is 0.417. The van der Waals surface area contributed by atoms with E-state index in [1.54, 1.807) is 12.1 Å². The van der Waals surface area contributed by atoms with Gasteiger partial charge in [0.25, 0.3) is 0 Å². The van der Waals surface area contributed by atoms with E-state index in [2.05, 4.69) is 17.4 Å². The van der Waals surface area contributed by atoms with Crippen LogP contribution in [0.25, 0.3) is 0 Å². The first-order valence-electron chi connectivity index (χ1n) is 6.10. The van der Waals surface area contributed by atoms with Crippen LogP contribution in [-0.2, 0) is 13.2 Å². The molecule has 0 spiro atoms. The van der Waals surface area contributed by atoms with E-state index in [1.165, 1.54) is 5.56 Å². The SMILES string of the molecule is CNCc1ccc(COc2cc(Cl)c(Cl)cc2Cl)cc1. The number of ether oxygens (including phenoxy) is 1. The predicted octanol–water partition coefficient (Wildman–Crippen LogP) is 4.95. The Labute approximate surface area is 133 Å². The van der Waals surface area contributed by atoms with Crippen LogP contribution >= 0.6 is 34.8 Å². The molecule has 0 saturated carbocycles. The summed E-state index contributed by atoms with van der Waals surface area (Å²) >= 11 is 17.9. The summed E-state index contributed by atoms with van der Waals surface area (Å²) in [6, 6.07) is 11.4. The Morgan fingerprint density at radius 3 is 2.15 bits per heavy atom. The van der Waals surface area contributed by atoms with Gasteiger partial charge in [0.2, 0.25) is 0 Å². The summed E-state index contributed by atoms with van der Waals surface area (Å²) in [5.41, 5.74) is 2.29. The molecule has 0 aromatic heterocycles. The van der Waals surface area contributed by atoms with Crippen LogP contribution in [0.15, 0.2) is 36.4 Å². The number of hydrogen-bond acceptors (Lipinski definition) is 2. The van der Waals surface area contributed by atoms with Crippen LogP contribution in [-0.4, -0.2) is 7.05 Å². The van der Waals surface area contributed by atoms with Gasteiger partial charge in [0.05, 0.1) is 15.1 Å². The fourth-order valence-electron chi connectivity index (χ4n) is 1.73. The lowest BCUT2D eigenvalue weighted by Gasteiger charge is -2.10. The molecule has 0 bridgehead atoms. The molecule has 2 nitrogen and oxygen atoms in total. The van der Waals surface area contributed by atoms with Crippen molar-refractivity contribution in [3.05, 3.63) is 62.6 Å². The zero-order valence-electron chi connectivity index (χ0n) is 10.9. The third-order valence-electron chi connectivity index (χ3n) is 2.77. The van der Waals surface area contributed by atoms with Crippen LogP contribution in [0.4, 0.5) is 0 Å². The zero-order chi connectivity index (χ0) is 14.5. The van der Waals surface area contributed by atoms with Crippen molar-refractivity contribution in [1.82, 2.24) is 5.32 Å². The lowest BCUT2D eigenvalue weighted by Crippen LogP contribution is -2.05. The van der Waals surface area contributed by atoms with Gasteiger partial charge in [-0.1, -0.05) is 59.1 Å². The van der Waals surface area contributed by atoms with E-state index in [0.29, 0.717) is 27.4 Å². The maximum absolute atomic E-state index is 6.06. The van der Waals surface area contributed by atoms with E-state index in [1.807, 2.05) is 19.2 Å². The largest absolute Gasteiger partial charge is 0.487 e. The normalized spacial score (nSPS) is 10.6. The Morgan fingerprint density at radius 2 is 1.50 bits per heavy atom. The lowest BCUT2D eigenvalue weighted by atomic mass is 10.1. The van der Waals surface area contributed by atoms with Gasteiger partial charge in [-0.3, -0.25) is 0 Å². The fourth-order valence-corrected chi connectivity index (χ4v) is 2.32. The van der Waals surface area contributed by atoms with Gasteiger partial charge in [-0.25, -0.2) is 0 Å². The molecule has 0 unspecified atom stereocenters. The Kier molecular flexibility index (Phi) is 5.55. The smallest absolute Gasteiger partial charge is 0.139 e. The highest BCUT2D eigenvalue weighted by molar-refractivity contribution is 6.43. The lowest BCUT2D eigenvalue weighted by molar-refractivity contribution is 0.306. The average Bonchev–Trinajstić information content (AvgIpc) is 2.43. The van der Waals surface area contributed by atoms with Gasteiger partial charge in [0, 0.05) is 12.6 Å². The van der Waals surface area contributed by atoms with Crippen molar-refractivity contribution in [2.24, 2.45) is 0 Å². The average molecular weight is 331 g/mol. The fraction of sp³-hybridized carbons (Fsp3) is 0.200. The van der Waals surface area contributed by atoms with Crippen molar-refractivity contribution >= 4 is 34.8 Å². The second-order valence-corrected chi connectivity index (χ2v) is 5.55. The van der Waals surface area contributed by atoms with E-state index in [9.17, 15) is 0 Å². The zero-order valence-corrected chi connectivity index (χ0v) is 13.2. The summed E-state index contributed by atoms with van der Waals surface area (Å²) in [6.07, 6.45) is 0. The van der Waals surface area contributed by atoms with E-state index in [4.69, 9.17) is 39.5 Å². The Bertz CT molecular complexity index is 584. The molecule has 1 N–H and O–H groups in total. The topological polar surface area (TPSA) is 21.3 Å². The van der Waals surface area contributed by atoms with Gasteiger partial charge in [-0.2, -0.15) is 0 Å². The Hall–Kier alpha value is -0.930. The molecule has 0 aliphatic heterocycles. The molecule has 106 valence electrons. The molecule has 0 amide bonds. The summed E-state index contributed by atoms with van der Waals surface area (Å²) in [7, 11) is 1.92. The third-order valence-corrected chi connectivity index (χ3v) is 3.79. The monoisotopic (exact) mass is 329 g/mol. The predicted molar refractivity (Wildman–Crippen MR) is 85.0 cm³/mol. The standard InChI is InChI=1S/C15H14Cl3NO/c1-19-8-10-2-4-11(5-3-10)9-20-15-7-13(17)12(16)6-14(15)18/h2-7,19H,8-9H2,1H3. The molecule has 20 heavy (non-hydrogen) atoms. The van der Waals surface area contributed by atoms with Crippen LogP contribution in [0.3, 0.4) is 0 Å². The number of hydrogen-bond donors (Lipinski definition) is 1. The molecule has 0 aliphatic rings. The highest BCUT2D eigenvalue weighted by atomic mass is 35.5. The van der Waals surface area contributed by atoms with Crippen molar-refractivity contribution in [1.29, 1.82) is 0 Å². The quantitative estimate of drug-likeness (QED) is 0.784. The second-order valence-electron chi connectivity index (χ2n) is 4.33. The molecular weight excluding hydrogens is 317 g/mol. The third kappa shape index (κ3) is 4.03. The van der Waals surface area contributed by atoms with E-state index in [-0.39, 0.29) is 0 Å². The van der Waals surface area contributed by atoms with Crippen LogP contribution in [0.1, 0.15) is 11.1 Å². The van der Waals surface area contributed by atoms with Gasteiger partial charge in [-0.15, -0.1) is 0 Å². The van der Waals surface area contributed by atoms with Gasteiger partial charge in [0.1, 0.15) is 12.4 Å². The van der Waals surface area contributed by atoms with E-state index >= 15 is 0 Å². The van der Waals surface area contributed by atoms with Gasteiger partial charge >= 0.3 is 0 Å². The minimum Gasteiger partial charge on any atom is -0.487 e. The first-order valence-corrected chi connectivity index (χ1v) is 7.23. The molecule has 0 atom stereocenters.